The number of rotatable bonds is 7. The number of ether oxygens (including phenoxy) is 1. The average Bonchev–Trinajstić information content (AvgIpc) is 2.60. The maximum Gasteiger partial charge on any atom is 0.281 e. The number of amides is 1. The van der Waals surface area contributed by atoms with E-state index in [0.29, 0.717) is 31.2 Å². The number of nitrogens with one attached hydrogen (secondary N) is 1. The Balaban J connectivity index is 1.76. The number of hydrogen-bond donors (Lipinski definition) is 1. The third-order valence-electron chi connectivity index (χ3n) is 4.49. The molecule has 8 heteroatoms. The molecule has 7 nitrogen and oxygen atoms in total. The molecule has 0 bridgehead atoms. The lowest BCUT2D eigenvalue weighted by atomic mass is 9.93. The molecule has 0 saturated carbocycles. The number of carbonyl (C=O) groups is 1. The normalized spacial score (nSPS) is 16.8. The van der Waals surface area contributed by atoms with Gasteiger partial charge in [-0.15, -0.1) is 0 Å². The molecule has 0 radical (unpaired) electrons. The largest absolute Gasteiger partial charge is 0.497 e. The van der Waals surface area contributed by atoms with Crippen LogP contribution in [-0.4, -0.2) is 57.2 Å². The fourth-order valence-electron chi connectivity index (χ4n) is 2.92. The van der Waals surface area contributed by atoms with E-state index >= 15 is 0 Å². The van der Waals surface area contributed by atoms with Crippen LogP contribution in [0, 0.1) is 5.92 Å². The highest BCUT2D eigenvalue weighted by Crippen LogP contribution is 2.24. The van der Waals surface area contributed by atoms with Gasteiger partial charge >= 0.3 is 0 Å². The lowest BCUT2D eigenvalue weighted by molar-refractivity contribution is -0.116. The predicted octanol–water partition coefficient (Wildman–Crippen LogP) is 1.93. The molecule has 0 unspecified atom stereocenters. The minimum absolute atomic E-state index is 0.0309. The summed E-state index contributed by atoms with van der Waals surface area (Å²) in [6.07, 6.45) is 2.78. The Morgan fingerprint density at radius 1 is 1.32 bits per heavy atom. The second kappa shape index (κ2) is 8.64. The van der Waals surface area contributed by atoms with Crippen LogP contribution in [0.5, 0.6) is 5.75 Å². The fraction of sp³-hybridized carbons (Fsp3) is 0.588. The number of anilines is 1. The molecule has 2 rings (SSSR count). The highest BCUT2D eigenvalue weighted by atomic mass is 32.2. The van der Waals surface area contributed by atoms with Crippen molar-refractivity contribution in [1.82, 2.24) is 8.61 Å². The van der Waals surface area contributed by atoms with Crippen molar-refractivity contribution in [3.63, 3.8) is 0 Å². The molecule has 25 heavy (non-hydrogen) atoms. The van der Waals surface area contributed by atoms with E-state index < -0.39 is 10.2 Å². The van der Waals surface area contributed by atoms with E-state index in [-0.39, 0.29) is 5.91 Å². The van der Waals surface area contributed by atoms with E-state index in [0.717, 1.165) is 24.9 Å². The molecule has 1 N–H and O–H groups in total. The van der Waals surface area contributed by atoms with Gasteiger partial charge in [0.25, 0.3) is 10.2 Å². The summed E-state index contributed by atoms with van der Waals surface area (Å²) in [5, 5.41) is 2.87. The van der Waals surface area contributed by atoms with Crippen molar-refractivity contribution in [3.8, 4) is 5.75 Å². The molecule has 1 aliphatic heterocycles. The van der Waals surface area contributed by atoms with Crippen LogP contribution in [0.1, 0.15) is 25.7 Å². The average molecular weight is 369 g/mol. The molecule has 0 aliphatic carbocycles. The van der Waals surface area contributed by atoms with Crippen molar-refractivity contribution in [2.75, 3.05) is 39.6 Å². The molecule has 1 aromatic rings. The van der Waals surface area contributed by atoms with Gasteiger partial charge in [0.1, 0.15) is 5.75 Å². The molecule has 0 atom stereocenters. The molecule has 0 aromatic heterocycles. The molecule has 1 saturated heterocycles. The molecular weight excluding hydrogens is 342 g/mol. The summed E-state index contributed by atoms with van der Waals surface area (Å²) in [5.74, 6) is 1.05. The van der Waals surface area contributed by atoms with Gasteiger partial charge < -0.3 is 10.1 Å². The van der Waals surface area contributed by atoms with Crippen LogP contribution in [0.15, 0.2) is 24.3 Å². The Kier molecular flexibility index (Phi) is 6.80. The van der Waals surface area contributed by atoms with E-state index in [1.54, 1.807) is 27.3 Å². The van der Waals surface area contributed by atoms with Crippen LogP contribution in [0.25, 0.3) is 0 Å². The van der Waals surface area contributed by atoms with Gasteiger partial charge in [-0.3, -0.25) is 4.79 Å². The van der Waals surface area contributed by atoms with Crippen molar-refractivity contribution in [1.29, 1.82) is 0 Å². The third-order valence-corrected chi connectivity index (χ3v) is 6.43. The van der Waals surface area contributed by atoms with Crippen molar-refractivity contribution in [2.45, 2.75) is 25.7 Å². The molecule has 1 aromatic carbocycles. The Labute approximate surface area is 150 Å². The predicted molar refractivity (Wildman–Crippen MR) is 97.8 cm³/mol. The monoisotopic (exact) mass is 369 g/mol. The van der Waals surface area contributed by atoms with Crippen LogP contribution in [0.3, 0.4) is 0 Å². The molecule has 1 aliphatic rings. The van der Waals surface area contributed by atoms with Gasteiger partial charge in [-0.05, 0) is 37.3 Å². The summed E-state index contributed by atoms with van der Waals surface area (Å²) in [6.45, 7) is 1.03. The number of nitrogens with zero attached hydrogens (tertiary/aromatic N) is 2. The first-order valence-corrected chi connectivity index (χ1v) is 9.84. The summed E-state index contributed by atoms with van der Waals surface area (Å²) in [4.78, 5) is 12.1. The number of piperidine rings is 1. The van der Waals surface area contributed by atoms with Gasteiger partial charge in [-0.25, -0.2) is 0 Å². The van der Waals surface area contributed by atoms with Gasteiger partial charge in [-0.1, -0.05) is 6.07 Å². The summed E-state index contributed by atoms with van der Waals surface area (Å²) < 4.78 is 32.1. The van der Waals surface area contributed by atoms with Crippen molar-refractivity contribution in [3.05, 3.63) is 24.3 Å². The first-order chi connectivity index (χ1) is 11.8. The number of methoxy groups -OCH3 is 1. The smallest absolute Gasteiger partial charge is 0.281 e. The van der Waals surface area contributed by atoms with Crippen molar-refractivity contribution >= 4 is 21.8 Å². The van der Waals surface area contributed by atoms with Gasteiger partial charge in [0, 0.05) is 45.4 Å². The molecule has 0 spiro atoms. The number of benzene rings is 1. The molecule has 1 heterocycles. The zero-order valence-electron chi connectivity index (χ0n) is 15.1. The van der Waals surface area contributed by atoms with E-state index in [1.807, 2.05) is 18.2 Å². The standard InChI is InChI=1S/C17H27N3O4S/c1-19(2)25(22,23)20-11-9-14(10-12-20)7-8-17(21)18-15-5-4-6-16(13-15)24-3/h4-6,13-14H,7-12H2,1-3H3,(H,18,21). The molecule has 140 valence electrons. The maximum absolute atomic E-state index is 12.1. The van der Waals surface area contributed by atoms with E-state index in [2.05, 4.69) is 5.32 Å². The van der Waals surface area contributed by atoms with Gasteiger partial charge in [-0.2, -0.15) is 17.0 Å². The molecule has 1 fully saturated rings. The highest BCUT2D eigenvalue weighted by molar-refractivity contribution is 7.86. The second-order valence-electron chi connectivity index (χ2n) is 6.45. The fourth-order valence-corrected chi connectivity index (χ4v) is 4.05. The second-order valence-corrected chi connectivity index (χ2v) is 8.59. The Morgan fingerprint density at radius 3 is 2.60 bits per heavy atom. The first kappa shape index (κ1) is 19.7. The first-order valence-electron chi connectivity index (χ1n) is 8.44. The van der Waals surface area contributed by atoms with Gasteiger partial charge in [0.2, 0.25) is 5.91 Å². The van der Waals surface area contributed by atoms with Crippen LogP contribution in [0.2, 0.25) is 0 Å². The summed E-state index contributed by atoms with van der Waals surface area (Å²) in [6, 6.07) is 7.26. The minimum atomic E-state index is -3.33. The van der Waals surface area contributed by atoms with E-state index in [9.17, 15) is 13.2 Å². The quantitative estimate of drug-likeness (QED) is 0.797. The summed E-state index contributed by atoms with van der Waals surface area (Å²) in [7, 11) is 1.35. The van der Waals surface area contributed by atoms with Crippen LogP contribution in [-0.2, 0) is 15.0 Å². The topological polar surface area (TPSA) is 79.0 Å². The zero-order chi connectivity index (χ0) is 18.4. The maximum atomic E-state index is 12.1. The molecule has 1 amide bonds. The Morgan fingerprint density at radius 2 is 2.00 bits per heavy atom. The van der Waals surface area contributed by atoms with Crippen LogP contribution < -0.4 is 10.1 Å². The minimum Gasteiger partial charge on any atom is -0.497 e. The van der Waals surface area contributed by atoms with Crippen molar-refractivity contribution < 1.29 is 17.9 Å². The Hall–Kier alpha value is -1.64. The SMILES string of the molecule is COc1cccc(NC(=O)CCC2CCN(S(=O)(=O)N(C)C)CC2)c1. The van der Waals surface area contributed by atoms with Gasteiger partial charge in [0.05, 0.1) is 7.11 Å². The number of hydrogen-bond acceptors (Lipinski definition) is 4. The van der Waals surface area contributed by atoms with E-state index in [1.165, 1.54) is 8.61 Å². The third kappa shape index (κ3) is 5.42. The molecular formula is C17H27N3O4S. The Bertz CT molecular complexity index is 683. The lowest BCUT2D eigenvalue weighted by Crippen LogP contribution is -2.44. The van der Waals surface area contributed by atoms with Crippen molar-refractivity contribution in [2.24, 2.45) is 5.92 Å². The van der Waals surface area contributed by atoms with Crippen LogP contribution >= 0.6 is 0 Å². The zero-order valence-corrected chi connectivity index (χ0v) is 15.9. The summed E-state index contributed by atoms with van der Waals surface area (Å²) in [5.41, 5.74) is 0.719. The van der Waals surface area contributed by atoms with E-state index in [4.69, 9.17) is 4.74 Å². The highest BCUT2D eigenvalue weighted by Gasteiger charge is 2.29. The van der Waals surface area contributed by atoms with Crippen LogP contribution in [0.4, 0.5) is 5.69 Å². The number of carbonyl (C=O) groups excluding carboxylic acids is 1. The van der Waals surface area contributed by atoms with Gasteiger partial charge in [0.15, 0.2) is 0 Å². The summed E-state index contributed by atoms with van der Waals surface area (Å²) >= 11 is 0. The lowest BCUT2D eigenvalue weighted by Gasteiger charge is -2.32.